The molecule has 1 aromatic rings. The lowest BCUT2D eigenvalue weighted by Gasteiger charge is -2.10. The predicted molar refractivity (Wildman–Crippen MR) is 90.2 cm³/mol. The molecule has 0 aliphatic rings. The third-order valence-corrected chi connectivity index (χ3v) is 3.82. The van der Waals surface area contributed by atoms with Crippen molar-refractivity contribution in [3.63, 3.8) is 0 Å². The van der Waals surface area contributed by atoms with Crippen molar-refractivity contribution < 1.29 is 19.4 Å². The van der Waals surface area contributed by atoms with Gasteiger partial charge in [-0.05, 0) is 30.5 Å². The molecular formula is C17H24ClNO4. The molecule has 1 aromatic carbocycles. The molecule has 23 heavy (non-hydrogen) atoms. The van der Waals surface area contributed by atoms with Gasteiger partial charge in [0.25, 0.3) is 5.91 Å². The Hall–Kier alpha value is -1.75. The van der Waals surface area contributed by atoms with Crippen LogP contribution in [0.15, 0.2) is 18.2 Å². The molecule has 0 heterocycles. The first-order valence-corrected chi connectivity index (χ1v) is 8.34. The van der Waals surface area contributed by atoms with Gasteiger partial charge in [0.05, 0.1) is 12.7 Å². The number of nitrogens with one attached hydrogen (secondary N) is 1. The summed E-state index contributed by atoms with van der Waals surface area (Å²) in [6.07, 6.45) is 4.67. The number of amides is 1. The fourth-order valence-corrected chi connectivity index (χ4v) is 2.41. The highest BCUT2D eigenvalue weighted by molar-refractivity contribution is 6.17. The van der Waals surface area contributed by atoms with Crippen molar-refractivity contribution in [2.24, 2.45) is 0 Å². The van der Waals surface area contributed by atoms with Crippen molar-refractivity contribution in [1.29, 1.82) is 0 Å². The number of carboxylic acid groups (broad SMARTS) is 1. The van der Waals surface area contributed by atoms with Crippen LogP contribution in [-0.2, 0) is 10.7 Å². The summed E-state index contributed by atoms with van der Waals surface area (Å²) in [7, 11) is 1.53. The van der Waals surface area contributed by atoms with Gasteiger partial charge < -0.3 is 15.2 Å². The summed E-state index contributed by atoms with van der Waals surface area (Å²) in [4.78, 5) is 22.6. The predicted octanol–water partition coefficient (Wildman–Crippen LogP) is 3.59. The van der Waals surface area contributed by atoms with E-state index in [1.807, 2.05) is 6.07 Å². The molecule has 0 atom stereocenters. The Labute approximate surface area is 142 Å². The average molecular weight is 342 g/mol. The number of unbranched alkanes of at least 4 members (excludes halogenated alkanes) is 4. The van der Waals surface area contributed by atoms with E-state index in [1.54, 1.807) is 12.1 Å². The highest BCUT2D eigenvalue weighted by Gasteiger charge is 2.12. The zero-order valence-electron chi connectivity index (χ0n) is 13.4. The zero-order valence-corrected chi connectivity index (χ0v) is 14.2. The van der Waals surface area contributed by atoms with Crippen molar-refractivity contribution in [1.82, 2.24) is 5.32 Å². The first kappa shape index (κ1) is 19.3. The summed E-state index contributed by atoms with van der Waals surface area (Å²) in [5.74, 6) is -0.0317. The maximum Gasteiger partial charge on any atom is 0.303 e. The first-order valence-electron chi connectivity index (χ1n) is 7.81. The van der Waals surface area contributed by atoms with Gasteiger partial charge in [-0.25, -0.2) is 0 Å². The fraction of sp³-hybridized carbons (Fsp3) is 0.529. The van der Waals surface area contributed by atoms with Gasteiger partial charge in [-0.3, -0.25) is 9.59 Å². The normalized spacial score (nSPS) is 10.3. The molecule has 0 radical (unpaired) electrons. The third kappa shape index (κ3) is 7.37. The lowest BCUT2D eigenvalue weighted by atomic mass is 10.1. The number of benzene rings is 1. The van der Waals surface area contributed by atoms with Crippen LogP contribution in [0.1, 0.15) is 54.4 Å². The molecule has 1 rings (SSSR count). The number of halogens is 1. The molecule has 6 heteroatoms. The van der Waals surface area contributed by atoms with Crippen LogP contribution in [0.3, 0.4) is 0 Å². The molecule has 0 aliphatic heterocycles. The molecule has 5 nitrogen and oxygen atoms in total. The van der Waals surface area contributed by atoms with Crippen LogP contribution >= 0.6 is 11.6 Å². The maximum absolute atomic E-state index is 12.2. The molecule has 128 valence electrons. The van der Waals surface area contributed by atoms with Gasteiger partial charge in [0, 0.05) is 18.8 Å². The number of carbonyl (C=O) groups is 2. The summed E-state index contributed by atoms with van der Waals surface area (Å²) in [6.45, 7) is 0.589. The second-order valence-corrected chi connectivity index (χ2v) is 5.60. The number of hydrogen-bond acceptors (Lipinski definition) is 3. The molecular weight excluding hydrogens is 318 g/mol. The fourth-order valence-electron chi connectivity index (χ4n) is 2.24. The summed E-state index contributed by atoms with van der Waals surface area (Å²) in [5, 5.41) is 11.4. The minimum absolute atomic E-state index is 0.167. The molecule has 0 saturated carbocycles. The molecule has 0 bridgehead atoms. The van der Waals surface area contributed by atoms with Crippen LogP contribution < -0.4 is 10.1 Å². The van der Waals surface area contributed by atoms with E-state index in [9.17, 15) is 9.59 Å². The maximum atomic E-state index is 12.2. The monoisotopic (exact) mass is 341 g/mol. The number of rotatable bonds is 11. The van der Waals surface area contributed by atoms with Gasteiger partial charge in [-0.2, -0.15) is 0 Å². The summed E-state index contributed by atoms with van der Waals surface area (Å²) >= 11 is 5.80. The lowest BCUT2D eigenvalue weighted by molar-refractivity contribution is -0.137. The van der Waals surface area contributed by atoms with E-state index in [0.717, 1.165) is 31.2 Å². The van der Waals surface area contributed by atoms with Crippen molar-refractivity contribution in [3.05, 3.63) is 29.3 Å². The van der Waals surface area contributed by atoms with Gasteiger partial charge in [0.15, 0.2) is 0 Å². The van der Waals surface area contributed by atoms with Crippen LogP contribution in [0.2, 0.25) is 0 Å². The van der Waals surface area contributed by atoms with Crippen LogP contribution in [0.25, 0.3) is 0 Å². The standard InChI is InChI=1S/C17H24ClNO4/c1-23-15-9-8-13(12-18)11-14(15)17(22)19-10-6-4-2-3-5-7-16(20)21/h8-9,11H,2-7,10,12H2,1H3,(H,19,22)(H,20,21). The average Bonchev–Trinajstić information content (AvgIpc) is 2.56. The van der Waals surface area contributed by atoms with Gasteiger partial charge in [0.1, 0.15) is 5.75 Å². The minimum atomic E-state index is -0.745. The van der Waals surface area contributed by atoms with Crippen LogP contribution in [-0.4, -0.2) is 30.6 Å². The van der Waals surface area contributed by atoms with E-state index in [2.05, 4.69) is 5.32 Å². The van der Waals surface area contributed by atoms with Crippen molar-refractivity contribution in [2.75, 3.05) is 13.7 Å². The van der Waals surface area contributed by atoms with E-state index in [-0.39, 0.29) is 12.3 Å². The summed E-state index contributed by atoms with van der Waals surface area (Å²) in [6, 6.07) is 5.32. The second kappa shape index (κ2) is 10.9. The molecule has 0 unspecified atom stereocenters. The van der Waals surface area contributed by atoms with Crippen molar-refractivity contribution >= 4 is 23.5 Å². The smallest absolute Gasteiger partial charge is 0.303 e. The Bertz CT molecular complexity index is 519. The molecule has 0 saturated heterocycles. The third-order valence-electron chi connectivity index (χ3n) is 3.52. The number of hydrogen-bond donors (Lipinski definition) is 2. The topological polar surface area (TPSA) is 75.6 Å². The molecule has 2 N–H and O–H groups in total. The number of carbonyl (C=O) groups excluding carboxylic acids is 1. The van der Waals surface area contributed by atoms with E-state index in [4.69, 9.17) is 21.4 Å². The number of carboxylic acids is 1. The van der Waals surface area contributed by atoms with Crippen LogP contribution in [0.4, 0.5) is 0 Å². The number of methoxy groups -OCH3 is 1. The largest absolute Gasteiger partial charge is 0.496 e. The lowest BCUT2D eigenvalue weighted by Crippen LogP contribution is -2.25. The Morgan fingerprint density at radius 1 is 1.17 bits per heavy atom. The Morgan fingerprint density at radius 3 is 2.52 bits per heavy atom. The molecule has 0 aromatic heterocycles. The SMILES string of the molecule is COc1ccc(CCl)cc1C(=O)NCCCCCCCC(=O)O. The Balaban J connectivity index is 2.30. The highest BCUT2D eigenvalue weighted by atomic mass is 35.5. The highest BCUT2D eigenvalue weighted by Crippen LogP contribution is 2.20. The van der Waals surface area contributed by atoms with E-state index < -0.39 is 5.97 Å². The molecule has 0 spiro atoms. The zero-order chi connectivity index (χ0) is 17.1. The van der Waals surface area contributed by atoms with Crippen molar-refractivity contribution in [2.45, 2.75) is 44.4 Å². The number of ether oxygens (including phenoxy) is 1. The van der Waals surface area contributed by atoms with E-state index >= 15 is 0 Å². The molecule has 1 amide bonds. The van der Waals surface area contributed by atoms with Crippen LogP contribution in [0.5, 0.6) is 5.75 Å². The summed E-state index contributed by atoms with van der Waals surface area (Å²) < 4.78 is 5.21. The first-order chi connectivity index (χ1) is 11.1. The molecule has 0 aliphatic carbocycles. The van der Waals surface area contributed by atoms with Crippen molar-refractivity contribution in [3.8, 4) is 5.75 Å². The van der Waals surface area contributed by atoms with E-state index in [1.165, 1.54) is 7.11 Å². The Morgan fingerprint density at radius 2 is 1.87 bits per heavy atom. The number of alkyl halides is 1. The molecule has 0 fully saturated rings. The van der Waals surface area contributed by atoms with Gasteiger partial charge >= 0.3 is 5.97 Å². The Kier molecular flexibility index (Phi) is 9.14. The van der Waals surface area contributed by atoms with Crippen LogP contribution in [0, 0.1) is 0 Å². The van der Waals surface area contributed by atoms with E-state index in [0.29, 0.717) is 30.2 Å². The van der Waals surface area contributed by atoms with Gasteiger partial charge in [-0.1, -0.05) is 25.3 Å². The second-order valence-electron chi connectivity index (χ2n) is 5.34. The quantitative estimate of drug-likeness (QED) is 0.476. The summed E-state index contributed by atoms with van der Waals surface area (Å²) in [5.41, 5.74) is 1.36. The number of aliphatic carboxylic acids is 1. The van der Waals surface area contributed by atoms with Gasteiger partial charge in [0.2, 0.25) is 0 Å². The van der Waals surface area contributed by atoms with Gasteiger partial charge in [-0.15, -0.1) is 11.6 Å². The minimum Gasteiger partial charge on any atom is -0.496 e.